The highest BCUT2D eigenvalue weighted by Gasteiger charge is 2.14. The Morgan fingerprint density at radius 2 is 1.65 bits per heavy atom. The van der Waals surface area contributed by atoms with Crippen molar-refractivity contribution in [2.45, 2.75) is 20.4 Å². The van der Waals surface area contributed by atoms with Crippen molar-refractivity contribution in [2.75, 3.05) is 26.4 Å². The molecular formula is C22H25FN2O6. The van der Waals surface area contributed by atoms with Gasteiger partial charge in [-0.15, -0.1) is 0 Å². The van der Waals surface area contributed by atoms with Crippen LogP contribution in [-0.2, 0) is 20.9 Å². The summed E-state index contributed by atoms with van der Waals surface area (Å²) in [5, 5.41) is 4.87. The summed E-state index contributed by atoms with van der Waals surface area (Å²) in [7, 11) is 0. The monoisotopic (exact) mass is 432 g/mol. The lowest BCUT2D eigenvalue weighted by atomic mass is 10.2. The number of hydrogen-bond donors (Lipinski definition) is 2. The van der Waals surface area contributed by atoms with Gasteiger partial charge in [-0.05, 0) is 38.1 Å². The van der Waals surface area contributed by atoms with Gasteiger partial charge in [-0.1, -0.05) is 18.2 Å². The summed E-state index contributed by atoms with van der Waals surface area (Å²) in [5.74, 6) is -1.39. The quantitative estimate of drug-likeness (QED) is 0.528. The molecule has 0 aliphatic carbocycles. The predicted octanol–water partition coefficient (Wildman–Crippen LogP) is 2.21. The van der Waals surface area contributed by atoms with E-state index in [4.69, 9.17) is 14.2 Å². The molecule has 9 heteroatoms. The molecule has 0 radical (unpaired) electrons. The van der Waals surface area contributed by atoms with Crippen LogP contribution < -0.4 is 20.1 Å². The van der Waals surface area contributed by atoms with Gasteiger partial charge in [0.2, 0.25) is 0 Å². The maximum absolute atomic E-state index is 13.5. The maximum Gasteiger partial charge on any atom is 0.325 e. The largest absolute Gasteiger partial charge is 0.490 e. The summed E-state index contributed by atoms with van der Waals surface area (Å²) in [6, 6.07) is 10.7. The molecule has 0 bridgehead atoms. The van der Waals surface area contributed by atoms with E-state index < -0.39 is 36.8 Å². The molecule has 0 spiro atoms. The van der Waals surface area contributed by atoms with Crippen molar-refractivity contribution >= 4 is 17.8 Å². The van der Waals surface area contributed by atoms with Gasteiger partial charge in [0.15, 0.2) is 18.1 Å². The topological polar surface area (TPSA) is 103 Å². The minimum absolute atomic E-state index is 0.0281. The molecule has 2 aromatic carbocycles. The number of carbonyl (C=O) groups excluding carboxylic acids is 3. The van der Waals surface area contributed by atoms with Gasteiger partial charge in [0, 0.05) is 17.7 Å². The lowest BCUT2D eigenvalue weighted by Gasteiger charge is -2.12. The zero-order valence-corrected chi connectivity index (χ0v) is 17.4. The van der Waals surface area contributed by atoms with Crippen molar-refractivity contribution in [1.82, 2.24) is 10.6 Å². The molecule has 0 unspecified atom stereocenters. The highest BCUT2D eigenvalue weighted by Crippen LogP contribution is 2.28. The summed E-state index contributed by atoms with van der Waals surface area (Å²) in [4.78, 5) is 35.8. The lowest BCUT2D eigenvalue weighted by molar-refractivity contribution is -0.147. The van der Waals surface area contributed by atoms with Gasteiger partial charge >= 0.3 is 5.97 Å². The molecule has 2 rings (SSSR count). The predicted molar refractivity (Wildman–Crippen MR) is 110 cm³/mol. The first-order valence-electron chi connectivity index (χ1n) is 9.78. The minimum Gasteiger partial charge on any atom is -0.490 e. The van der Waals surface area contributed by atoms with Gasteiger partial charge < -0.3 is 24.8 Å². The molecule has 0 aliphatic heterocycles. The summed E-state index contributed by atoms with van der Waals surface area (Å²) >= 11 is 0. The van der Waals surface area contributed by atoms with E-state index in [2.05, 4.69) is 10.6 Å². The van der Waals surface area contributed by atoms with E-state index in [1.165, 1.54) is 18.2 Å². The Morgan fingerprint density at radius 1 is 0.935 bits per heavy atom. The SMILES string of the molecule is CCOc1ccc(C(=O)NCC(=O)OCC(=O)NCc2ccccc2F)cc1OCC. The molecule has 0 aromatic heterocycles. The van der Waals surface area contributed by atoms with Crippen LogP contribution in [0, 0.1) is 5.82 Å². The fraction of sp³-hybridized carbons (Fsp3) is 0.318. The average Bonchev–Trinajstić information content (AvgIpc) is 2.77. The Bertz CT molecular complexity index is 919. The number of rotatable bonds is 11. The molecule has 166 valence electrons. The third-order valence-electron chi connectivity index (χ3n) is 4.00. The highest BCUT2D eigenvalue weighted by molar-refractivity contribution is 5.96. The number of esters is 1. The fourth-order valence-corrected chi connectivity index (χ4v) is 2.53. The van der Waals surface area contributed by atoms with Crippen molar-refractivity contribution < 1.29 is 33.0 Å². The first-order valence-corrected chi connectivity index (χ1v) is 9.78. The van der Waals surface area contributed by atoms with E-state index in [-0.39, 0.29) is 12.1 Å². The zero-order valence-electron chi connectivity index (χ0n) is 17.4. The standard InChI is InChI=1S/C22H25FN2O6/c1-3-29-18-10-9-15(11-19(18)30-4-2)22(28)25-13-21(27)31-14-20(26)24-12-16-7-5-6-8-17(16)23/h5-11H,3-4,12-14H2,1-2H3,(H,24,26)(H,25,28). The van der Waals surface area contributed by atoms with Crippen LogP contribution in [0.2, 0.25) is 0 Å². The summed E-state index contributed by atoms with van der Waals surface area (Å²) < 4.78 is 29.2. The molecule has 0 fully saturated rings. The van der Waals surface area contributed by atoms with Crippen LogP contribution >= 0.6 is 0 Å². The van der Waals surface area contributed by atoms with Crippen LogP contribution in [0.5, 0.6) is 11.5 Å². The van der Waals surface area contributed by atoms with E-state index >= 15 is 0 Å². The number of carbonyl (C=O) groups is 3. The van der Waals surface area contributed by atoms with Crippen LogP contribution in [0.3, 0.4) is 0 Å². The lowest BCUT2D eigenvalue weighted by Crippen LogP contribution is -2.33. The molecule has 8 nitrogen and oxygen atoms in total. The number of ether oxygens (including phenoxy) is 3. The van der Waals surface area contributed by atoms with Crippen LogP contribution in [0.15, 0.2) is 42.5 Å². The number of nitrogens with one attached hydrogen (secondary N) is 2. The number of benzene rings is 2. The Hall–Kier alpha value is -3.62. The fourth-order valence-electron chi connectivity index (χ4n) is 2.53. The molecule has 0 aliphatic rings. The van der Waals surface area contributed by atoms with Crippen molar-refractivity contribution in [3.8, 4) is 11.5 Å². The second kappa shape index (κ2) is 12.2. The van der Waals surface area contributed by atoms with Crippen LogP contribution in [0.4, 0.5) is 4.39 Å². The number of amides is 2. The molecule has 0 saturated heterocycles. The summed E-state index contributed by atoms with van der Waals surface area (Å²) in [6.45, 7) is 3.51. The van der Waals surface area contributed by atoms with E-state index in [0.717, 1.165) is 0 Å². The molecule has 2 N–H and O–H groups in total. The second-order valence-electron chi connectivity index (χ2n) is 6.24. The van der Waals surface area contributed by atoms with E-state index in [9.17, 15) is 18.8 Å². The molecular weight excluding hydrogens is 407 g/mol. The van der Waals surface area contributed by atoms with Gasteiger partial charge in [0.25, 0.3) is 11.8 Å². The molecule has 2 amide bonds. The zero-order chi connectivity index (χ0) is 22.6. The number of halogens is 1. The van der Waals surface area contributed by atoms with Crippen LogP contribution in [0.1, 0.15) is 29.8 Å². The average molecular weight is 432 g/mol. The third kappa shape index (κ3) is 7.61. The van der Waals surface area contributed by atoms with Gasteiger partial charge in [-0.2, -0.15) is 0 Å². The van der Waals surface area contributed by atoms with Gasteiger partial charge in [-0.25, -0.2) is 4.39 Å². The third-order valence-corrected chi connectivity index (χ3v) is 4.00. The van der Waals surface area contributed by atoms with Crippen LogP contribution in [0.25, 0.3) is 0 Å². The van der Waals surface area contributed by atoms with Crippen molar-refractivity contribution in [3.05, 3.63) is 59.4 Å². The second-order valence-corrected chi connectivity index (χ2v) is 6.24. The van der Waals surface area contributed by atoms with E-state index in [1.807, 2.05) is 13.8 Å². The Kier molecular flexibility index (Phi) is 9.28. The Morgan fingerprint density at radius 3 is 2.35 bits per heavy atom. The van der Waals surface area contributed by atoms with Crippen LogP contribution in [-0.4, -0.2) is 44.1 Å². The van der Waals surface area contributed by atoms with Gasteiger partial charge in [-0.3, -0.25) is 14.4 Å². The van der Waals surface area contributed by atoms with Gasteiger partial charge in [0.1, 0.15) is 12.4 Å². The highest BCUT2D eigenvalue weighted by atomic mass is 19.1. The molecule has 2 aromatic rings. The Labute approximate surface area is 179 Å². The van der Waals surface area contributed by atoms with Crippen molar-refractivity contribution in [1.29, 1.82) is 0 Å². The molecule has 0 heterocycles. The normalized spacial score (nSPS) is 10.2. The summed E-state index contributed by atoms with van der Waals surface area (Å²) in [6.07, 6.45) is 0. The maximum atomic E-state index is 13.5. The smallest absolute Gasteiger partial charge is 0.325 e. The molecule has 0 saturated carbocycles. The minimum atomic E-state index is -0.787. The summed E-state index contributed by atoms with van der Waals surface area (Å²) in [5.41, 5.74) is 0.596. The van der Waals surface area contributed by atoms with E-state index in [0.29, 0.717) is 30.3 Å². The number of hydrogen-bond acceptors (Lipinski definition) is 6. The first-order chi connectivity index (χ1) is 14.9. The molecule has 0 atom stereocenters. The molecule has 31 heavy (non-hydrogen) atoms. The Balaban J connectivity index is 1.77. The van der Waals surface area contributed by atoms with Crippen molar-refractivity contribution in [3.63, 3.8) is 0 Å². The van der Waals surface area contributed by atoms with Crippen molar-refractivity contribution in [2.24, 2.45) is 0 Å². The van der Waals surface area contributed by atoms with Gasteiger partial charge in [0.05, 0.1) is 13.2 Å². The van der Waals surface area contributed by atoms with E-state index in [1.54, 1.807) is 24.3 Å². The first kappa shape index (κ1) is 23.7.